The number of hydrogen-bond donors (Lipinski definition) is 1. The molecule has 2 heterocycles. The lowest BCUT2D eigenvalue weighted by Gasteiger charge is -2.14. The number of pyridine rings is 2. The normalized spacial score (nSPS) is 10.9. The van der Waals surface area contributed by atoms with Gasteiger partial charge in [-0.1, -0.05) is 18.2 Å². The van der Waals surface area contributed by atoms with Crippen LogP contribution in [0.2, 0.25) is 0 Å². The van der Waals surface area contributed by atoms with E-state index < -0.39 is 0 Å². The summed E-state index contributed by atoms with van der Waals surface area (Å²) in [6.07, 6.45) is 3.43. The quantitative estimate of drug-likeness (QED) is 0.512. The SMILES string of the molecule is CCOC(=O)CCCCc1c(O)c2ncccc2n(-c2ccccc2)c1=O. The first-order valence-corrected chi connectivity index (χ1v) is 9.06. The Bertz CT molecular complexity index is 996. The topological polar surface area (TPSA) is 81.4 Å². The van der Waals surface area contributed by atoms with Gasteiger partial charge in [0.25, 0.3) is 5.56 Å². The fraction of sp³-hybridized carbons (Fsp3) is 0.286. The van der Waals surface area contributed by atoms with Crippen molar-refractivity contribution in [2.24, 2.45) is 0 Å². The minimum atomic E-state index is -0.268. The number of ether oxygens (including phenoxy) is 1. The first kappa shape index (κ1) is 18.6. The second kappa shape index (κ2) is 8.49. The molecule has 27 heavy (non-hydrogen) atoms. The van der Waals surface area contributed by atoms with E-state index in [9.17, 15) is 14.7 Å². The zero-order chi connectivity index (χ0) is 19.2. The minimum Gasteiger partial charge on any atom is -0.505 e. The highest BCUT2D eigenvalue weighted by atomic mass is 16.5. The summed E-state index contributed by atoms with van der Waals surface area (Å²) < 4.78 is 6.48. The van der Waals surface area contributed by atoms with Crippen molar-refractivity contribution in [3.8, 4) is 11.4 Å². The molecule has 3 aromatic rings. The first-order chi connectivity index (χ1) is 13.1. The average molecular weight is 366 g/mol. The molecule has 0 aliphatic carbocycles. The lowest BCUT2D eigenvalue weighted by molar-refractivity contribution is -0.143. The van der Waals surface area contributed by atoms with Gasteiger partial charge in [0, 0.05) is 18.3 Å². The Morgan fingerprint density at radius 2 is 1.93 bits per heavy atom. The predicted octanol–water partition coefficient (Wildman–Crippen LogP) is 3.37. The van der Waals surface area contributed by atoms with Crippen LogP contribution in [0.15, 0.2) is 53.5 Å². The molecule has 3 rings (SSSR count). The van der Waals surface area contributed by atoms with Gasteiger partial charge in [-0.3, -0.25) is 19.1 Å². The second-order valence-electron chi connectivity index (χ2n) is 6.19. The second-order valence-corrected chi connectivity index (χ2v) is 6.19. The molecule has 0 amide bonds. The van der Waals surface area contributed by atoms with Crippen LogP contribution in [0.3, 0.4) is 0 Å². The lowest BCUT2D eigenvalue weighted by atomic mass is 10.1. The summed E-state index contributed by atoms with van der Waals surface area (Å²) >= 11 is 0. The van der Waals surface area contributed by atoms with Crippen LogP contribution in [-0.4, -0.2) is 27.2 Å². The van der Waals surface area contributed by atoms with Crippen molar-refractivity contribution < 1.29 is 14.6 Å². The molecule has 0 aliphatic rings. The molecular weight excluding hydrogens is 344 g/mol. The number of aromatic nitrogens is 2. The fourth-order valence-corrected chi connectivity index (χ4v) is 3.11. The van der Waals surface area contributed by atoms with Crippen LogP contribution in [0.4, 0.5) is 0 Å². The smallest absolute Gasteiger partial charge is 0.305 e. The Morgan fingerprint density at radius 1 is 1.15 bits per heavy atom. The highest BCUT2D eigenvalue weighted by Gasteiger charge is 2.18. The largest absolute Gasteiger partial charge is 0.505 e. The Balaban J connectivity index is 1.96. The van der Waals surface area contributed by atoms with Crippen LogP contribution in [0.25, 0.3) is 16.7 Å². The molecule has 6 heteroatoms. The van der Waals surface area contributed by atoms with Gasteiger partial charge in [-0.2, -0.15) is 0 Å². The van der Waals surface area contributed by atoms with Crippen LogP contribution < -0.4 is 5.56 Å². The zero-order valence-electron chi connectivity index (χ0n) is 15.2. The number of unbranched alkanes of at least 4 members (excludes halogenated alkanes) is 1. The van der Waals surface area contributed by atoms with Gasteiger partial charge in [-0.05, 0) is 50.5 Å². The zero-order valence-corrected chi connectivity index (χ0v) is 15.2. The fourth-order valence-electron chi connectivity index (χ4n) is 3.11. The molecule has 6 nitrogen and oxygen atoms in total. The van der Waals surface area contributed by atoms with Gasteiger partial charge in [-0.15, -0.1) is 0 Å². The Morgan fingerprint density at radius 3 is 2.67 bits per heavy atom. The van der Waals surface area contributed by atoms with Crippen LogP contribution in [0.5, 0.6) is 5.75 Å². The third-order valence-corrected chi connectivity index (χ3v) is 4.38. The third-order valence-electron chi connectivity index (χ3n) is 4.38. The molecule has 1 aromatic carbocycles. The number of fused-ring (bicyclic) bond motifs is 1. The molecule has 0 saturated heterocycles. The van der Waals surface area contributed by atoms with Crippen molar-refractivity contribution in [1.82, 2.24) is 9.55 Å². The Kier molecular flexibility index (Phi) is 5.86. The summed E-state index contributed by atoms with van der Waals surface area (Å²) in [4.78, 5) is 28.8. The summed E-state index contributed by atoms with van der Waals surface area (Å²) in [7, 11) is 0. The van der Waals surface area contributed by atoms with E-state index in [2.05, 4.69) is 4.98 Å². The van der Waals surface area contributed by atoms with E-state index in [1.54, 1.807) is 29.8 Å². The van der Waals surface area contributed by atoms with Gasteiger partial charge >= 0.3 is 5.97 Å². The molecule has 0 spiro atoms. The average Bonchev–Trinajstić information content (AvgIpc) is 2.68. The molecule has 0 bridgehead atoms. The number of carbonyl (C=O) groups excluding carboxylic acids is 1. The highest BCUT2D eigenvalue weighted by molar-refractivity contribution is 5.83. The maximum Gasteiger partial charge on any atom is 0.305 e. The summed E-state index contributed by atoms with van der Waals surface area (Å²) in [6, 6.07) is 12.8. The van der Waals surface area contributed by atoms with Gasteiger partial charge in [0.05, 0.1) is 17.7 Å². The van der Waals surface area contributed by atoms with Crippen LogP contribution >= 0.6 is 0 Å². The number of hydrogen-bond acceptors (Lipinski definition) is 5. The van der Waals surface area contributed by atoms with Crippen molar-refractivity contribution in [2.45, 2.75) is 32.6 Å². The number of benzene rings is 1. The van der Waals surface area contributed by atoms with Gasteiger partial charge in [0.2, 0.25) is 0 Å². The van der Waals surface area contributed by atoms with Gasteiger partial charge in [-0.25, -0.2) is 0 Å². The van der Waals surface area contributed by atoms with Crippen LogP contribution in [0, 0.1) is 0 Å². The Labute approximate surface area is 157 Å². The van der Waals surface area contributed by atoms with Crippen molar-refractivity contribution in [3.63, 3.8) is 0 Å². The van der Waals surface area contributed by atoms with Crippen molar-refractivity contribution in [1.29, 1.82) is 0 Å². The van der Waals surface area contributed by atoms with E-state index in [1.807, 2.05) is 30.3 Å². The van der Waals surface area contributed by atoms with Gasteiger partial charge < -0.3 is 9.84 Å². The molecule has 1 N–H and O–H groups in total. The molecule has 0 saturated carbocycles. The number of nitrogens with zero attached hydrogens (tertiary/aromatic N) is 2. The maximum atomic E-state index is 13.1. The third kappa shape index (κ3) is 4.00. The Hall–Kier alpha value is -3.15. The first-order valence-electron chi connectivity index (χ1n) is 9.06. The summed E-state index contributed by atoms with van der Waals surface area (Å²) in [5, 5.41) is 10.6. The molecule has 0 atom stereocenters. The van der Waals surface area contributed by atoms with Gasteiger partial charge in [0.1, 0.15) is 5.52 Å². The molecule has 0 aliphatic heterocycles. The number of para-hydroxylation sites is 1. The predicted molar refractivity (Wildman–Crippen MR) is 103 cm³/mol. The van der Waals surface area contributed by atoms with Crippen molar-refractivity contribution in [2.75, 3.05) is 6.61 Å². The molecule has 140 valence electrons. The molecule has 0 radical (unpaired) electrons. The lowest BCUT2D eigenvalue weighted by Crippen LogP contribution is -2.23. The van der Waals surface area contributed by atoms with E-state index in [1.165, 1.54) is 0 Å². The number of carbonyl (C=O) groups is 1. The van der Waals surface area contributed by atoms with E-state index in [0.717, 1.165) is 0 Å². The molecule has 0 fully saturated rings. The number of esters is 1. The summed E-state index contributed by atoms with van der Waals surface area (Å²) in [5.74, 6) is -0.331. The number of rotatable bonds is 7. The number of aromatic hydroxyl groups is 1. The van der Waals surface area contributed by atoms with Crippen LogP contribution in [-0.2, 0) is 16.0 Å². The maximum absolute atomic E-state index is 13.1. The molecule has 0 unspecified atom stereocenters. The molecular formula is C21H22N2O4. The van der Waals surface area contributed by atoms with Gasteiger partial charge in [0.15, 0.2) is 5.75 Å². The summed E-state index contributed by atoms with van der Waals surface area (Å²) in [6.45, 7) is 2.13. The van der Waals surface area contributed by atoms with Crippen LogP contribution in [0.1, 0.15) is 31.7 Å². The van der Waals surface area contributed by atoms with E-state index >= 15 is 0 Å². The highest BCUT2D eigenvalue weighted by Crippen LogP contribution is 2.27. The monoisotopic (exact) mass is 366 g/mol. The van der Waals surface area contributed by atoms with E-state index in [0.29, 0.717) is 54.6 Å². The summed E-state index contributed by atoms with van der Waals surface area (Å²) in [5.41, 5.74) is 1.71. The standard InChI is InChI=1S/C21H22N2O4/c1-2-27-18(24)13-7-6-11-16-20(25)19-17(12-8-14-22-19)23(21(16)26)15-9-4-3-5-10-15/h3-5,8-10,12,14,25H,2,6-7,11,13H2,1H3. The molecule has 2 aromatic heterocycles. The van der Waals surface area contributed by atoms with E-state index in [4.69, 9.17) is 4.74 Å². The van der Waals surface area contributed by atoms with E-state index in [-0.39, 0.29) is 17.3 Å². The van der Waals surface area contributed by atoms with Crippen molar-refractivity contribution in [3.05, 3.63) is 64.6 Å². The minimum absolute atomic E-state index is 0.0843. The van der Waals surface area contributed by atoms with Crippen molar-refractivity contribution >= 4 is 17.0 Å².